The van der Waals surface area contributed by atoms with E-state index in [1.54, 1.807) is 12.1 Å². The van der Waals surface area contributed by atoms with Crippen LogP contribution in [-0.4, -0.2) is 29.8 Å². The molecule has 0 aromatic heterocycles. The van der Waals surface area contributed by atoms with Crippen molar-refractivity contribution in [2.24, 2.45) is 0 Å². The molecule has 1 aromatic rings. The van der Waals surface area contributed by atoms with Gasteiger partial charge in [-0.25, -0.2) is 0 Å². The zero-order chi connectivity index (χ0) is 15.0. The third kappa shape index (κ3) is 2.97. The van der Waals surface area contributed by atoms with Crippen LogP contribution in [0.3, 0.4) is 0 Å². The summed E-state index contributed by atoms with van der Waals surface area (Å²) in [7, 11) is 0. The second-order valence-corrected chi connectivity index (χ2v) is 5.29. The fourth-order valence-corrected chi connectivity index (χ4v) is 2.73. The second-order valence-electron chi connectivity index (χ2n) is 5.29. The number of rotatable bonds is 3. The first-order chi connectivity index (χ1) is 9.94. The standard InChI is InChI=1S/C14H15F3N2O2/c15-14(16,17)21-11-6-4-9(5-7-11)13-18-8-12(20)19(13)10-2-1-3-10/h4-7,10,13,18H,1-3,8H2. The molecule has 1 saturated carbocycles. The van der Waals surface area contributed by atoms with Crippen molar-refractivity contribution >= 4 is 5.91 Å². The summed E-state index contributed by atoms with van der Waals surface area (Å²) < 4.78 is 40.2. The van der Waals surface area contributed by atoms with Crippen molar-refractivity contribution in [3.05, 3.63) is 29.8 Å². The maximum Gasteiger partial charge on any atom is 0.573 e. The number of alkyl halides is 3. The molecule has 21 heavy (non-hydrogen) atoms. The molecule has 0 radical (unpaired) electrons. The number of amides is 1. The predicted octanol–water partition coefficient (Wildman–Crippen LogP) is 2.57. The lowest BCUT2D eigenvalue weighted by molar-refractivity contribution is -0.274. The van der Waals surface area contributed by atoms with Gasteiger partial charge in [-0.05, 0) is 37.0 Å². The highest BCUT2D eigenvalue weighted by Crippen LogP contribution is 2.34. The van der Waals surface area contributed by atoms with E-state index in [4.69, 9.17) is 0 Å². The van der Waals surface area contributed by atoms with E-state index in [9.17, 15) is 18.0 Å². The van der Waals surface area contributed by atoms with E-state index in [2.05, 4.69) is 10.1 Å². The molecule has 1 saturated heterocycles. The first-order valence-electron chi connectivity index (χ1n) is 6.84. The Morgan fingerprint density at radius 3 is 2.38 bits per heavy atom. The third-order valence-corrected chi connectivity index (χ3v) is 3.91. The van der Waals surface area contributed by atoms with Crippen molar-refractivity contribution in [1.29, 1.82) is 0 Å². The van der Waals surface area contributed by atoms with Crippen LogP contribution in [0.15, 0.2) is 24.3 Å². The van der Waals surface area contributed by atoms with Crippen molar-refractivity contribution in [2.45, 2.75) is 37.8 Å². The molecule has 1 aliphatic heterocycles. The average molecular weight is 300 g/mol. The largest absolute Gasteiger partial charge is 0.573 e. The Balaban J connectivity index is 1.75. The number of hydrogen-bond acceptors (Lipinski definition) is 3. The van der Waals surface area contributed by atoms with Gasteiger partial charge >= 0.3 is 6.36 Å². The smallest absolute Gasteiger partial charge is 0.406 e. The van der Waals surface area contributed by atoms with E-state index in [0.29, 0.717) is 0 Å². The zero-order valence-corrected chi connectivity index (χ0v) is 11.2. The van der Waals surface area contributed by atoms with Crippen LogP contribution in [0.2, 0.25) is 0 Å². The summed E-state index contributed by atoms with van der Waals surface area (Å²) in [5.41, 5.74) is 0.766. The summed E-state index contributed by atoms with van der Waals surface area (Å²) in [6.07, 6.45) is -1.87. The van der Waals surface area contributed by atoms with E-state index in [1.165, 1.54) is 12.1 Å². The minimum atomic E-state index is -4.69. The Morgan fingerprint density at radius 2 is 1.86 bits per heavy atom. The van der Waals surface area contributed by atoms with Crippen LogP contribution in [0.4, 0.5) is 13.2 Å². The Morgan fingerprint density at radius 1 is 1.19 bits per heavy atom. The van der Waals surface area contributed by atoms with Gasteiger partial charge in [-0.15, -0.1) is 13.2 Å². The molecule has 7 heteroatoms. The van der Waals surface area contributed by atoms with E-state index in [0.717, 1.165) is 24.8 Å². The van der Waals surface area contributed by atoms with Crippen LogP contribution in [0.25, 0.3) is 0 Å². The zero-order valence-electron chi connectivity index (χ0n) is 11.2. The number of hydrogen-bond donors (Lipinski definition) is 1. The van der Waals surface area contributed by atoms with Crippen molar-refractivity contribution in [1.82, 2.24) is 10.2 Å². The highest BCUT2D eigenvalue weighted by molar-refractivity contribution is 5.81. The Bertz CT molecular complexity index is 526. The first kappa shape index (κ1) is 14.2. The van der Waals surface area contributed by atoms with Crippen LogP contribution in [0.1, 0.15) is 31.0 Å². The fraction of sp³-hybridized carbons (Fsp3) is 0.500. The van der Waals surface area contributed by atoms with Gasteiger partial charge in [0.2, 0.25) is 5.91 Å². The summed E-state index contributed by atoms with van der Waals surface area (Å²) >= 11 is 0. The molecule has 1 amide bonds. The number of benzene rings is 1. The maximum absolute atomic E-state index is 12.1. The van der Waals surface area contributed by atoms with Gasteiger partial charge in [-0.2, -0.15) is 0 Å². The van der Waals surface area contributed by atoms with E-state index in [1.807, 2.05) is 4.90 Å². The number of carbonyl (C=O) groups excluding carboxylic acids is 1. The van der Waals surface area contributed by atoms with Crippen molar-refractivity contribution in [2.75, 3.05) is 6.54 Å². The highest BCUT2D eigenvalue weighted by Gasteiger charge is 2.39. The molecule has 2 fully saturated rings. The van der Waals surface area contributed by atoms with Crippen LogP contribution in [0, 0.1) is 0 Å². The molecule has 1 aliphatic carbocycles. The van der Waals surface area contributed by atoms with E-state index < -0.39 is 6.36 Å². The average Bonchev–Trinajstić information content (AvgIpc) is 2.69. The van der Waals surface area contributed by atoms with Gasteiger partial charge in [0, 0.05) is 6.04 Å². The predicted molar refractivity (Wildman–Crippen MR) is 68.4 cm³/mol. The van der Waals surface area contributed by atoms with Crippen molar-refractivity contribution < 1.29 is 22.7 Å². The maximum atomic E-state index is 12.1. The monoisotopic (exact) mass is 300 g/mol. The molecule has 1 aromatic carbocycles. The molecule has 1 unspecified atom stereocenters. The molecular weight excluding hydrogens is 285 g/mol. The molecule has 1 heterocycles. The van der Waals surface area contributed by atoms with Gasteiger partial charge in [0.05, 0.1) is 6.54 Å². The number of ether oxygens (including phenoxy) is 1. The molecule has 114 valence electrons. The summed E-state index contributed by atoms with van der Waals surface area (Å²) in [4.78, 5) is 13.7. The Labute approximate surface area is 119 Å². The van der Waals surface area contributed by atoms with E-state index >= 15 is 0 Å². The van der Waals surface area contributed by atoms with Crippen molar-refractivity contribution in [3.8, 4) is 5.75 Å². The second kappa shape index (κ2) is 5.22. The number of nitrogens with one attached hydrogen (secondary N) is 1. The molecular formula is C14H15F3N2O2. The van der Waals surface area contributed by atoms with E-state index in [-0.39, 0.29) is 30.4 Å². The number of nitrogens with zero attached hydrogens (tertiary/aromatic N) is 1. The Kier molecular flexibility index (Phi) is 3.52. The Hall–Kier alpha value is -1.76. The quantitative estimate of drug-likeness (QED) is 0.933. The summed E-state index contributed by atoms with van der Waals surface area (Å²) in [5, 5.41) is 3.10. The van der Waals surface area contributed by atoms with Gasteiger partial charge in [0.25, 0.3) is 0 Å². The van der Waals surface area contributed by atoms with Crippen LogP contribution in [-0.2, 0) is 4.79 Å². The molecule has 0 spiro atoms. The van der Waals surface area contributed by atoms with Crippen LogP contribution < -0.4 is 10.1 Å². The minimum Gasteiger partial charge on any atom is -0.406 e. The summed E-state index contributed by atoms with van der Waals surface area (Å²) in [6.45, 7) is 0.266. The van der Waals surface area contributed by atoms with Crippen LogP contribution >= 0.6 is 0 Å². The van der Waals surface area contributed by atoms with Gasteiger partial charge in [-0.3, -0.25) is 10.1 Å². The topological polar surface area (TPSA) is 41.6 Å². The minimum absolute atomic E-state index is 0.0420. The van der Waals surface area contributed by atoms with Gasteiger partial charge < -0.3 is 9.64 Å². The van der Waals surface area contributed by atoms with Gasteiger partial charge in [0.1, 0.15) is 11.9 Å². The molecule has 3 rings (SSSR count). The molecule has 0 bridgehead atoms. The van der Waals surface area contributed by atoms with Gasteiger partial charge in [-0.1, -0.05) is 12.1 Å². The molecule has 1 atom stereocenters. The summed E-state index contributed by atoms with van der Waals surface area (Å²) in [6, 6.07) is 5.90. The number of carbonyl (C=O) groups is 1. The summed E-state index contributed by atoms with van der Waals surface area (Å²) in [5.74, 6) is -0.217. The van der Waals surface area contributed by atoms with Gasteiger partial charge in [0.15, 0.2) is 0 Å². The third-order valence-electron chi connectivity index (χ3n) is 3.91. The SMILES string of the molecule is O=C1CNC(c2ccc(OC(F)(F)F)cc2)N1C1CCC1. The molecule has 4 nitrogen and oxygen atoms in total. The lowest BCUT2D eigenvalue weighted by Crippen LogP contribution is -2.43. The highest BCUT2D eigenvalue weighted by atomic mass is 19.4. The van der Waals surface area contributed by atoms with Crippen molar-refractivity contribution in [3.63, 3.8) is 0 Å². The lowest BCUT2D eigenvalue weighted by atomic mass is 9.91. The molecule has 2 aliphatic rings. The molecule has 1 N–H and O–H groups in total. The fourth-order valence-electron chi connectivity index (χ4n) is 2.73. The first-order valence-corrected chi connectivity index (χ1v) is 6.84. The van der Waals surface area contributed by atoms with Crippen LogP contribution in [0.5, 0.6) is 5.75 Å². The normalized spacial score (nSPS) is 23.3. The lowest BCUT2D eigenvalue weighted by Gasteiger charge is -2.38. The number of halogens is 3.